The molecule has 2 unspecified atom stereocenters. The van der Waals surface area contributed by atoms with Gasteiger partial charge in [-0.1, -0.05) is 27.2 Å². The van der Waals surface area contributed by atoms with E-state index in [4.69, 9.17) is 0 Å². The molecule has 2 nitrogen and oxygen atoms in total. The van der Waals surface area contributed by atoms with Crippen LogP contribution in [-0.2, 0) is 0 Å². The molecule has 1 fully saturated rings. The fourth-order valence-corrected chi connectivity index (χ4v) is 3.54. The van der Waals surface area contributed by atoms with Crippen LogP contribution in [0.5, 0.6) is 0 Å². The third-order valence-electron chi connectivity index (χ3n) is 4.77. The second kappa shape index (κ2) is 6.04. The van der Waals surface area contributed by atoms with E-state index < -0.39 is 0 Å². The zero-order chi connectivity index (χ0) is 13.9. The predicted molar refractivity (Wildman–Crippen MR) is 81.1 cm³/mol. The van der Waals surface area contributed by atoms with E-state index in [1.807, 2.05) is 6.20 Å². The van der Waals surface area contributed by atoms with Gasteiger partial charge in [0.15, 0.2) is 0 Å². The smallest absolute Gasteiger partial charge is 0.0371 e. The van der Waals surface area contributed by atoms with Crippen LogP contribution in [0.4, 0.5) is 0 Å². The first kappa shape index (κ1) is 14.5. The van der Waals surface area contributed by atoms with Crippen LogP contribution in [-0.4, -0.2) is 11.5 Å². The van der Waals surface area contributed by atoms with Gasteiger partial charge in [0.05, 0.1) is 0 Å². The zero-order valence-corrected chi connectivity index (χ0v) is 12.9. The van der Waals surface area contributed by atoms with Crippen molar-refractivity contribution in [1.29, 1.82) is 0 Å². The third-order valence-corrected chi connectivity index (χ3v) is 4.77. The summed E-state index contributed by atoms with van der Waals surface area (Å²) in [5, 5.41) is 3.78. The van der Waals surface area contributed by atoms with Gasteiger partial charge in [0.2, 0.25) is 0 Å². The molecule has 0 aliphatic heterocycles. The minimum absolute atomic E-state index is 0.438. The first-order valence-electron chi connectivity index (χ1n) is 7.70. The Bertz CT molecular complexity index is 411. The second-order valence-corrected chi connectivity index (χ2v) is 6.65. The summed E-state index contributed by atoms with van der Waals surface area (Å²) in [7, 11) is 0. The molecule has 1 aliphatic rings. The van der Waals surface area contributed by atoms with Crippen LogP contribution >= 0.6 is 0 Å². The van der Waals surface area contributed by atoms with Gasteiger partial charge in [-0.15, -0.1) is 0 Å². The molecule has 0 radical (unpaired) electrons. The standard InChI is InChI=1S/C17H28N2/c1-5-10-19-16(14-12-18-11-8-13(14)2)15-7-6-9-17(15,3)4/h8,11-12,15-16,19H,5-7,9-10H2,1-4H3. The second-order valence-electron chi connectivity index (χ2n) is 6.65. The van der Waals surface area contributed by atoms with Crippen molar-refractivity contribution in [2.75, 3.05) is 6.54 Å². The summed E-state index contributed by atoms with van der Waals surface area (Å²) in [6.07, 6.45) is 9.20. The van der Waals surface area contributed by atoms with E-state index in [2.05, 4.69) is 50.3 Å². The van der Waals surface area contributed by atoms with E-state index in [1.165, 1.54) is 36.8 Å². The number of aryl methyl sites for hydroxylation is 1. The minimum atomic E-state index is 0.438. The highest BCUT2D eigenvalue weighted by molar-refractivity contribution is 5.26. The Morgan fingerprint density at radius 2 is 2.26 bits per heavy atom. The molecule has 1 N–H and O–H groups in total. The quantitative estimate of drug-likeness (QED) is 0.855. The molecule has 2 heteroatoms. The first-order valence-corrected chi connectivity index (χ1v) is 7.70. The molecular weight excluding hydrogens is 232 g/mol. The van der Waals surface area contributed by atoms with E-state index in [0.29, 0.717) is 11.5 Å². The van der Waals surface area contributed by atoms with Crippen molar-refractivity contribution in [2.24, 2.45) is 11.3 Å². The van der Waals surface area contributed by atoms with Crippen LogP contribution in [0.2, 0.25) is 0 Å². The Hall–Kier alpha value is -0.890. The summed E-state index contributed by atoms with van der Waals surface area (Å²) >= 11 is 0. The van der Waals surface area contributed by atoms with Crippen LogP contribution in [0.1, 0.15) is 63.6 Å². The number of aromatic nitrogens is 1. The van der Waals surface area contributed by atoms with E-state index in [9.17, 15) is 0 Å². The molecule has 1 heterocycles. The van der Waals surface area contributed by atoms with Crippen molar-refractivity contribution in [1.82, 2.24) is 10.3 Å². The SMILES string of the molecule is CCCNC(c1cnccc1C)C1CCCC1(C)C. The Morgan fingerprint density at radius 3 is 2.84 bits per heavy atom. The molecule has 19 heavy (non-hydrogen) atoms. The first-order chi connectivity index (χ1) is 9.06. The summed E-state index contributed by atoms with van der Waals surface area (Å²) in [6.45, 7) is 10.4. The van der Waals surface area contributed by atoms with Crippen LogP contribution < -0.4 is 5.32 Å². The lowest BCUT2D eigenvalue weighted by molar-refractivity contribution is 0.197. The maximum atomic E-state index is 4.35. The highest BCUT2D eigenvalue weighted by Crippen LogP contribution is 2.48. The van der Waals surface area contributed by atoms with Crippen molar-refractivity contribution >= 4 is 0 Å². The van der Waals surface area contributed by atoms with Gasteiger partial charge >= 0.3 is 0 Å². The average molecular weight is 260 g/mol. The van der Waals surface area contributed by atoms with Crippen molar-refractivity contribution < 1.29 is 0 Å². The van der Waals surface area contributed by atoms with Crippen LogP contribution in [0.15, 0.2) is 18.5 Å². The lowest BCUT2D eigenvalue weighted by atomic mass is 9.75. The number of nitrogens with one attached hydrogen (secondary N) is 1. The lowest BCUT2D eigenvalue weighted by Crippen LogP contribution is -2.35. The van der Waals surface area contributed by atoms with Crippen molar-refractivity contribution in [3.8, 4) is 0 Å². The van der Waals surface area contributed by atoms with Gasteiger partial charge in [-0.3, -0.25) is 4.98 Å². The Morgan fingerprint density at radius 1 is 1.47 bits per heavy atom. The summed E-state index contributed by atoms with van der Waals surface area (Å²) in [4.78, 5) is 4.35. The predicted octanol–water partition coefficient (Wildman–Crippen LogP) is 4.26. The largest absolute Gasteiger partial charge is 0.310 e. The molecule has 1 saturated carbocycles. The summed E-state index contributed by atoms with van der Waals surface area (Å²) < 4.78 is 0. The molecule has 0 saturated heterocycles. The van der Waals surface area contributed by atoms with E-state index >= 15 is 0 Å². The molecule has 0 aromatic carbocycles. The molecule has 106 valence electrons. The van der Waals surface area contributed by atoms with E-state index in [1.54, 1.807) is 0 Å². The minimum Gasteiger partial charge on any atom is -0.310 e. The van der Waals surface area contributed by atoms with Gasteiger partial charge in [0.25, 0.3) is 0 Å². The summed E-state index contributed by atoms with van der Waals surface area (Å²) in [5.41, 5.74) is 3.20. The van der Waals surface area contributed by atoms with Crippen LogP contribution in [0.25, 0.3) is 0 Å². The molecule has 2 atom stereocenters. The third kappa shape index (κ3) is 3.17. The number of rotatable bonds is 5. The molecule has 1 aromatic heterocycles. The fourth-order valence-electron chi connectivity index (χ4n) is 3.54. The number of hydrogen-bond acceptors (Lipinski definition) is 2. The molecular formula is C17H28N2. The number of hydrogen-bond donors (Lipinski definition) is 1. The van der Waals surface area contributed by atoms with Gasteiger partial charge < -0.3 is 5.32 Å². The average Bonchev–Trinajstić information content (AvgIpc) is 2.72. The monoisotopic (exact) mass is 260 g/mol. The van der Waals surface area contributed by atoms with E-state index in [0.717, 1.165) is 12.5 Å². The Labute approximate surface area is 118 Å². The van der Waals surface area contributed by atoms with Gasteiger partial charge in [-0.2, -0.15) is 0 Å². The number of nitrogens with zero attached hydrogens (tertiary/aromatic N) is 1. The molecule has 0 bridgehead atoms. The topological polar surface area (TPSA) is 24.9 Å². The summed E-state index contributed by atoms with van der Waals surface area (Å²) in [5.74, 6) is 0.724. The van der Waals surface area contributed by atoms with Gasteiger partial charge in [0.1, 0.15) is 0 Å². The molecule has 2 rings (SSSR count). The van der Waals surface area contributed by atoms with Crippen molar-refractivity contribution in [3.05, 3.63) is 29.6 Å². The molecule has 0 spiro atoms. The van der Waals surface area contributed by atoms with Crippen LogP contribution in [0, 0.1) is 18.3 Å². The highest BCUT2D eigenvalue weighted by Gasteiger charge is 2.40. The van der Waals surface area contributed by atoms with E-state index in [-0.39, 0.29) is 0 Å². The Kier molecular flexibility index (Phi) is 4.62. The van der Waals surface area contributed by atoms with Gasteiger partial charge in [-0.05, 0) is 61.3 Å². The normalized spacial score (nSPS) is 23.5. The maximum absolute atomic E-state index is 4.35. The van der Waals surface area contributed by atoms with Gasteiger partial charge in [0, 0.05) is 18.4 Å². The summed E-state index contributed by atoms with van der Waals surface area (Å²) in [6, 6.07) is 2.60. The maximum Gasteiger partial charge on any atom is 0.0371 e. The lowest BCUT2D eigenvalue weighted by Gasteiger charge is -2.35. The fraction of sp³-hybridized carbons (Fsp3) is 0.706. The molecule has 1 aromatic rings. The zero-order valence-electron chi connectivity index (χ0n) is 12.9. The highest BCUT2D eigenvalue weighted by atomic mass is 14.9. The van der Waals surface area contributed by atoms with Crippen LogP contribution in [0.3, 0.4) is 0 Å². The van der Waals surface area contributed by atoms with Crippen molar-refractivity contribution in [3.63, 3.8) is 0 Å². The Balaban J connectivity index is 2.28. The molecule has 0 amide bonds. The molecule has 1 aliphatic carbocycles. The number of pyridine rings is 1. The van der Waals surface area contributed by atoms with Crippen molar-refractivity contribution in [2.45, 2.75) is 59.4 Å². The van der Waals surface area contributed by atoms with Gasteiger partial charge in [-0.25, -0.2) is 0 Å².